The van der Waals surface area contributed by atoms with Crippen molar-refractivity contribution in [2.75, 3.05) is 46.6 Å². The molecule has 0 aromatic rings. The second kappa shape index (κ2) is 11.8. The van der Waals surface area contributed by atoms with Gasteiger partial charge in [0, 0.05) is 20.3 Å². The third kappa shape index (κ3) is 11.8. The Labute approximate surface area is 80.2 Å². The number of rotatable bonds is 10. The third-order valence-corrected chi connectivity index (χ3v) is 1.62. The Hall–Kier alpha value is -0.160. The molecule has 0 radical (unpaired) electrons. The van der Waals surface area contributed by atoms with E-state index in [9.17, 15) is 0 Å². The van der Waals surface area contributed by atoms with Gasteiger partial charge in [0.15, 0.2) is 0 Å². The second-order valence-electron chi connectivity index (χ2n) is 2.79. The number of methoxy groups -OCH3 is 1. The van der Waals surface area contributed by atoms with Crippen LogP contribution in [0.15, 0.2) is 0 Å². The fraction of sp³-hybridized carbons (Fsp3) is 1.00. The van der Waals surface area contributed by atoms with Crippen molar-refractivity contribution in [3.05, 3.63) is 0 Å². The zero-order valence-electron chi connectivity index (χ0n) is 8.42. The maximum atomic E-state index is 8.50. The molecule has 80 valence electrons. The number of aliphatic hydroxyl groups excluding tert-OH is 1. The molecular weight excluding hydrogens is 170 g/mol. The van der Waals surface area contributed by atoms with Crippen LogP contribution in [0.1, 0.15) is 12.8 Å². The standard InChI is InChI=1S/C9H21NO3/c1-12-8-9-13-7-5-10-4-2-3-6-11/h10-11H,2-9H2,1H3. The Morgan fingerprint density at radius 2 is 1.92 bits per heavy atom. The summed E-state index contributed by atoms with van der Waals surface area (Å²) in [6.07, 6.45) is 1.89. The molecule has 4 nitrogen and oxygen atoms in total. The van der Waals surface area contributed by atoms with E-state index in [2.05, 4.69) is 5.32 Å². The van der Waals surface area contributed by atoms with Gasteiger partial charge in [0.05, 0.1) is 19.8 Å². The van der Waals surface area contributed by atoms with E-state index in [0.29, 0.717) is 13.2 Å². The first-order valence-corrected chi connectivity index (χ1v) is 4.80. The van der Waals surface area contributed by atoms with Gasteiger partial charge < -0.3 is 19.9 Å². The van der Waals surface area contributed by atoms with Gasteiger partial charge in [-0.25, -0.2) is 0 Å². The Bertz CT molecular complexity index is 80.9. The average Bonchev–Trinajstić information content (AvgIpc) is 2.16. The molecule has 4 heteroatoms. The van der Waals surface area contributed by atoms with Crippen LogP contribution in [0.25, 0.3) is 0 Å². The summed E-state index contributed by atoms with van der Waals surface area (Å²) < 4.78 is 10.1. The molecule has 0 spiro atoms. The van der Waals surface area contributed by atoms with Crippen LogP contribution in [0.4, 0.5) is 0 Å². The van der Waals surface area contributed by atoms with Crippen molar-refractivity contribution >= 4 is 0 Å². The van der Waals surface area contributed by atoms with E-state index in [1.807, 2.05) is 0 Å². The molecule has 0 aromatic heterocycles. The minimum absolute atomic E-state index is 0.284. The maximum Gasteiger partial charge on any atom is 0.0700 e. The summed E-state index contributed by atoms with van der Waals surface area (Å²) in [6, 6.07) is 0. The summed E-state index contributed by atoms with van der Waals surface area (Å²) in [4.78, 5) is 0. The van der Waals surface area contributed by atoms with Gasteiger partial charge in [-0.1, -0.05) is 0 Å². The van der Waals surface area contributed by atoms with E-state index >= 15 is 0 Å². The number of hydrogen-bond donors (Lipinski definition) is 2. The maximum absolute atomic E-state index is 8.50. The number of unbranched alkanes of at least 4 members (excludes halogenated alkanes) is 1. The number of hydrogen-bond acceptors (Lipinski definition) is 4. The van der Waals surface area contributed by atoms with Crippen molar-refractivity contribution in [2.24, 2.45) is 0 Å². The van der Waals surface area contributed by atoms with Crippen LogP contribution < -0.4 is 5.32 Å². The van der Waals surface area contributed by atoms with E-state index in [0.717, 1.165) is 32.5 Å². The molecule has 0 unspecified atom stereocenters. The lowest BCUT2D eigenvalue weighted by Gasteiger charge is -2.04. The summed E-state index contributed by atoms with van der Waals surface area (Å²) in [5, 5.41) is 11.7. The molecule has 0 amide bonds. The summed E-state index contributed by atoms with van der Waals surface area (Å²) in [5.41, 5.74) is 0. The molecule has 0 aliphatic rings. The number of nitrogens with one attached hydrogen (secondary N) is 1. The highest BCUT2D eigenvalue weighted by Crippen LogP contribution is 1.83. The Morgan fingerprint density at radius 3 is 2.62 bits per heavy atom. The zero-order valence-corrected chi connectivity index (χ0v) is 8.42. The molecule has 0 aliphatic carbocycles. The molecular formula is C9H21NO3. The van der Waals surface area contributed by atoms with E-state index in [1.165, 1.54) is 0 Å². The van der Waals surface area contributed by atoms with Gasteiger partial charge in [0.2, 0.25) is 0 Å². The zero-order chi connectivity index (χ0) is 9.78. The molecule has 0 saturated carbocycles. The quantitative estimate of drug-likeness (QED) is 0.478. The van der Waals surface area contributed by atoms with Gasteiger partial charge in [0.1, 0.15) is 0 Å². The molecule has 0 saturated heterocycles. The topological polar surface area (TPSA) is 50.7 Å². The van der Waals surface area contributed by atoms with E-state index < -0.39 is 0 Å². The van der Waals surface area contributed by atoms with Gasteiger partial charge in [-0.3, -0.25) is 0 Å². The van der Waals surface area contributed by atoms with Gasteiger partial charge in [-0.15, -0.1) is 0 Å². The monoisotopic (exact) mass is 191 g/mol. The fourth-order valence-corrected chi connectivity index (χ4v) is 0.875. The van der Waals surface area contributed by atoms with Crippen LogP contribution in [-0.4, -0.2) is 51.7 Å². The average molecular weight is 191 g/mol. The van der Waals surface area contributed by atoms with Gasteiger partial charge in [-0.05, 0) is 19.4 Å². The van der Waals surface area contributed by atoms with Crippen LogP contribution in [0.2, 0.25) is 0 Å². The Balaban J connectivity index is 2.76. The Morgan fingerprint density at radius 1 is 1.08 bits per heavy atom. The summed E-state index contributed by atoms with van der Waals surface area (Å²) in [6.45, 7) is 4.15. The van der Waals surface area contributed by atoms with Gasteiger partial charge >= 0.3 is 0 Å². The van der Waals surface area contributed by atoms with Crippen molar-refractivity contribution in [1.82, 2.24) is 5.32 Å². The number of ether oxygens (including phenoxy) is 2. The first-order chi connectivity index (χ1) is 6.41. The summed E-state index contributed by atoms with van der Waals surface area (Å²) >= 11 is 0. The Kier molecular flexibility index (Phi) is 11.7. The first-order valence-electron chi connectivity index (χ1n) is 4.80. The molecule has 0 fully saturated rings. The molecule has 0 aliphatic heterocycles. The minimum Gasteiger partial charge on any atom is -0.396 e. The van der Waals surface area contributed by atoms with E-state index in [1.54, 1.807) is 7.11 Å². The van der Waals surface area contributed by atoms with Crippen molar-refractivity contribution in [1.29, 1.82) is 0 Å². The molecule has 0 heterocycles. The smallest absolute Gasteiger partial charge is 0.0700 e. The predicted octanol–water partition coefficient (Wildman–Crippen LogP) is 0.0115. The van der Waals surface area contributed by atoms with E-state index in [-0.39, 0.29) is 6.61 Å². The largest absolute Gasteiger partial charge is 0.396 e. The van der Waals surface area contributed by atoms with Crippen molar-refractivity contribution < 1.29 is 14.6 Å². The van der Waals surface area contributed by atoms with E-state index in [4.69, 9.17) is 14.6 Å². The third-order valence-electron chi connectivity index (χ3n) is 1.62. The highest BCUT2D eigenvalue weighted by atomic mass is 16.5. The lowest BCUT2D eigenvalue weighted by atomic mass is 10.3. The second-order valence-corrected chi connectivity index (χ2v) is 2.79. The van der Waals surface area contributed by atoms with Crippen LogP contribution in [0, 0.1) is 0 Å². The predicted molar refractivity (Wildman–Crippen MR) is 51.9 cm³/mol. The van der Waals surface area contributed by atoms with Crippen LogP contribution in [0.3, 0.4) is 0 Å². The van der Waals surface area contributed by atoms with Gasteiger partial charge in [-0.2, -0.15) is 0 Å². The van der Waals surface area contributed by atoms with Crippen LogP contribution >= 0.6 is 0 Å². The molecule has 0 aromatic carbocycles. The van der Waals surface area contributed by atoms with Crippen molar-refractivity contribution in [3.63, 3.8) is 0 Å². The SMILES string of the molecule is COCCOCCNCCCCO. The molecule has 2 N–H and O–H groups in total. The minimum atomic E-state index is 0.284. The van der Waals surface area contributed by atoms with Crippen LogP contribution in [-0.2, 0) is 9.47 Å². The summed E-state index contributed by atoms with van der Waals surface area (Å²) in [5.74, 6) is 0. The highest BCUT2D eigenvalue weighted by Gasteiger charge is 1.89. The lowest BCUT2D eigenvalue weighted by molar-refractivity contribution is 0.0720. The molecule has 0 rings (SSSR count). The van der Waals surface area contributed by atoms with Crippen molar-refractivity contribution in [3.8, 4) is 0 Å². The molecule has 0 bridgehead atoms. The van der Waals surface area contributed by atoms with Gasteiger partial charge in [0.25, 0.3) is 0 Å². The van der Waals surface area contributed by atoms with Crippen molar-refractivity contribution in [2.45, 2.75) is 12.8 Å². The first kappa shape index (κ1) is 12.8. The number of aliphatic hydroxyl groups is 1. The lowest BCUT2D eigenvalue weighted by Crippen LogP contribution is -2.21. The summed E-state index contributed by atoms with van der Waals surface area (Å²) in [7, 11) is 1.66. The normalized spacial score (nSPS) is 10.6. The highest BCUT2D eigenvalue weighted by molar-refractivity contribution is 4.46. The molecule has 13 heavy (non-hydrogen) atoms. The van der Waals surface area contributed by atoms with Crippen LogP contribution in [0.5, 0.6) is 0 Å². The fourth-order valence-electron chi connectivity index (χ4n) is 0.875. The molecule has 0 atom stereocenters.